The predicted octanol–water partition coefficient (Wildman–Crippen LogP) is 3.30. The molecule has 2 aromatic carbocycles. The van der Waals surface area contributed by atoms with Gasteiger partial charge in [-0.1, -0.05) is 29.8 Å². The van der Waals surface area contributed by atoms with E-state index in [1.54, 1.807) is 24.3 Å². The highest BCUT2D eigenvalue weighted by Gasteiger charge is 2.06. The first-order valence-electron chi connectivity index (χ1n) is 7.46. The average Bonchev–Trinajstić information content (AvgIpc) is 2.54. The van der Waals surface area contributed by atoms with E-state index in [2.05, 4.69) is 10.6 Å². The van der Waals surface area contributed by atoms with Crippen LogP contribution in [0.3, 0.4) is 0 Å². The number of carbonyl (C=O) groups is 2. The van der Waals surface area contributed by atoms with Crippen LogP contribution in [-0.4, -0.2) is 18.4 Å². The molecule has 2 rings (SSSR count). The maximum Gasteiger partial charge on any atom is 0.258 e. The number of amides is 2. The third kappa shape index (κ3) is 5.59. The number of halogens is 1. The molecule has 0 bridgehead atoms. The fraction of sp³-hybridized carbons (Fsp3) is 0.222. The summed E-state index contributed by atoms with van der Waals surface area (Å²) in [6.45, 7) is 3.65. The highest BCUT2D eigenvalue weighted by molar-refractivity contribution is 6.32. The molecule has 0 atom stereocenters. The van der Waals surface area contributed by atoms with Gasteiger partial charge in [-0.2, -0.15) is 0 Å². The zero-order valence-corrected chi connectivity index (χ0v) is 14.3. The molecule has 0 saturated heterocycles. The van der Waals surface area contributed by atoms with Crippen molar-refractivity contribution in [3.05, 3.63) is 58.6 Å². The molecule has 0 radical (unpaired) electrons. The average molecular weight is 347 g/mol. The Hall–Kier alpha value is -2.53. The van der Waals surface area contributed by atoms with E-state index in [-0.39, 0.29) is 18.4 Å². The number of hydrogen-bond donors (Lipinski definition) is 2. The fourth-order valence-corrected chi connectivity index (χ4v) is 2.20. The first-order chi connectivity index (χ1) is 11.4. The van der Waals surface area contributed by atoms with Gasteiger partial charge in [0.05, 0.1) is 5.02 Å². The van der Waals surface area contributed by atoms with Crippen LogP contribution in [0.4, 0.5) is 5.69 Å². The van der Waals surface area contributed by atoms with Gasteiger partial charge < -0.3 is 15.4 Å². The number of nitrogens with one attached hydrogen (secondary N) is 2. The van der Waals surface area contributed by atoms with E-state index in [4.69, 9.17) is 16.3 Å². The van der Waals surface area contributed by atoms with Gasteiger partial charge >= 0.3 is 0 Å². The minimum absolute atomic E-state index is 0.104. The molecule has 0 heterocycles. The maximum atomic E-state index is 11.9. The summed E-state index contributed by atoms with van der Waals surface area (Å²) in [7, 11) is 0. The van der Waals surface area contributed by atoms with Crippen molar-refractivity contribution in [3.8, 4) is 5.75 Å². The summed E-state index contributed by atoms with van der Waals surface area (Å²) < 4.78 is 5.44. The summed E-state index contributed by atoms with van der Waals surface area (Å²) in [5, 5.41) is 5.93. The van der Waals surface area contributed by atoms with E-state index in [0.29, 0.717) is 17.3 Å². The predicted molar refractivity (Wildman–Crippen MR) is 94.3 cm³/mol. The van der Waals surface area contributed by atoms with E-state index < -0.39 is 0 Å². The van der Waals surface area contributed by atoms with Crippen LogP contribution < -0.4 is 15.4 Å². The van der Waals surface area contributed by atoms with Crippen molar-refractivity contribution < 1.29 is 14.3 Å². The van der Waals surface area contributed by atoms with Crippen LogP contribution in [0, 0.1) is 6.92 Å². The molecule has 2 N–H and O–H groups in total. The van der Waals surface area contributed by atoms with Crippen LogP contribution in [-0.2, 0) is 16.1 Å². The molecule has 0 aliphatic heterocycles. The zero-order valence-electron chi connectivity index (χ0n) is 13.6. The molecule has 5 nitrogen and oxygen atoms in total. The highest BCUT2D eigenvalue weighted by Crippen LogP contribution is 2.25. The van der Waals surface area contributed by atoms with E-state index in [9.17, 15) is 9.59 Å². The van der Waals surface area contributed by atoms with Crippen LogP contribution in [0.25, 0.3) is 0 Å². The van der Waals surface area contributed by atoms with Crippen molar-refractivity contribution in [2.45, 2.75) is 20.4 Å². The van der Waals surface area contributed by atoms with Gasteiger partial charge in [-0.3, -0.25) is 9.59 Å². The van der Waals surface area contributed by atoms with E-state index in [1.807, 2.05) is 25.1 Å². The fourth-order valence-electron chi connectivity index (χ4n) is 2.03. The molecule has 0 saturated carbocycles. The summed E-state index contributed by atoms with van der Waals surface area (Å²) in [5.41, 5.74) is 2.65. The Kier molecular flexibility index (Phi) is 6.21. The normalized spacial score (nSPS) is 10.1. The van der Waals surface area contributed by atoms with Gasteiger partial charge in [-0.05, 0) is 42.3 Å². The highest BCUT2D eigenvalue weighted by atomic mass is 35.5. The molecule has 2 aromatic rings. The molecular formula is C18H19ClN2O3. The zero-order chi connectivity index (χ0) is 17.5. The standard InChI is InChI=1S/C18H19ClN2O3/c1-12-3-8-16(19)17(9-12)24-11-18(23)20-10-14-4-6-15(7-5-14)21-13(2)22/h3-9H,10-11H2,1-2H3,(H,20,23)(H,21,22). The largest absolute Gasteiger partial charge is 0.482 e. The lowest BCUT2D eigenvalue weighted by Crippen LogP contribution is -2.28. The Balaban J connectivity index is 1.80. The number of anilines is 1. The Morgan fingerprint density at radius 3 is 2.50 bits per heavy atom. The number of hydrogen-bond acceptors (Lipinski definition) is 3. The van der Waals surface area contributed by atoms with Gasteiger partial charge in [0.1, 0.15) is 5.75 Å². The second kappa shape index (κ2) is 8.36. The lowest BCUT2D eigenvalue weighted by atomic mass is 10.2. The lowest BCUT2D eigenvalue weighted by Gasteiger charge is -2.10. The van der Waals surface area contributed by atoms with Crippen LogP contribution >= 0.6 is 11.6 Å². The molecule has 6 heteroatoms. The molecule has 0 unspecified atom stereocenters. The molecule has 126 valence electrons. The van der Waals surface area contributed by atoms with Gasteiger partial charge in [-0.15, -0.1) is 0 Å². The van der Waals surface area contributed by atoms with Crippen LogP contribution in [0.5, 0.6) is 5.75 Å². The number of aryl methyl sites for hydroxylation is 1. The molecule has 0 spiro atoms. The van der Waals surface area contributed by atoms with E-state index in [0.717, 1.165) is 16.8 Å². The first-order valence-corrected chi connectivity index (χ1v) is 7.84. The topological polar surface area (TPSA) is 67.4 Å². The third-order valence-corrected chi connectivity index (χ3v) is 3.52. The van der Waals surface area contributed by atoms with Crippen LogP contribution in [0.15, 0.2) is 42.5 Å². The quantitative estimate of drug-likeness (QED) is 0.843. The van der Waals surface area contributed by atoms with Crippen LogP contribution in [0.2, 0.25) is 5.02 Å². The molecule has 0 aliphatic rings. The van der Waals surface area contributed by atoms with Crippen LogP contribution in [0.1, 0.15) is 18.1 Å². The van der Waals surface area contributed by atoms with Crippen molar-refractivity contribution >= 4 is 29.1 Å². The molecule has 0 aromatic heterocycles. The first kappa shape index (κ1) is 17.8. The SMILES string of the molecule is CC(=O)Nc1ccc(CNC(=O)COc2cc(C)ccc2Cl)cc1. The summed E-state index contributed by atoms with van der Waals surface area (Å²) in [5.74, 6) is 0.132. The third-order valence-electron chi connectivity index (χ3n) is 3.21. The number of benzene rings is 2. The van der Waals surface area contributed by atoms with Gasteiger partial charge in [0.25, 0.3) is 5.91 Å². The molecule has 0 fully saturated rings. The second-order valence-corrected chi connectivity index (χ2v) is 5.78. The Bertz CT molecular complexity index is 730. The van der Waals surface area contributed by atoms with Crippen molar-refractivity contribution in [1.82, 2.24) is 5.32 Å². The monoisotopic (exact) mass is 346 g/mol. The molecule has 24 heavy (non-hydrogen) atoms. The number of ether oxygens (including phenoxy) is 1. The smallest absolute Gasteiger partial charge is 0.258 e. The van der Waals surface area contributed by atoms with Crippen molar-refractivity contribution in [3.63, 3.8) is 0 Å². The van der Waals surface area contributed by atoms with Crippen molar-refractivity contribution in [2.24, 2.45) is 0 Å². The van der Waals surface area contributed by atoms with Crippen molar-refractivity contribution in [1.29, 1.82) is 0 Å². The number of rotatable bonds is 6. The molecule has 0 aliphatic carbocycles. The Labute approximate surface area is 146 Å². The van der Waals surface area contributed by atoms with Gasteiger partial charge in [0, 0.05) is 19.2 Å². The molecule has 2 amide bonds. The molecular weight excluding hydrogens is 328 g/mol. The van der Waals surface area contributed by atoms with Crippen molar-refractivity contribution in [2.75, 3.05) is 11.9 Å². The summed E-state index contributed by atoms with van der Waals surface area (Å²) in [6.07, 6.45) is 0. The van der Waals surface area contributed by atoms with E-state index >= 15 is 0 Å². The Morgan fingerprint density at radius 1 is 1.12 bits per heavy atom. The minimum atomic E-state index is -0.237. The summed E-state index contributed by atoms with van der Waals surface area (Å²) in [4.78, 5) is 22.8. The van der Waals surface area contributed by atoms with Gasteiger partial charge in [-0.25, -0.2) is 0 Å². The van der Waals surface area contributed by atoms with E-state index in [1.165, 1.54) is 6.92 Å². The summed E-state index contributed by atoms with van der Waals surface area (Å²) >= 11 is 6.02. The maximum absolute atomic E-state index is 11.9. The Morgan fingerprint density at radius 2 is 1.83 bits per heavy atom. The minimum Gasteiger partial charge on any atom is -0.482 e. The van der Waals surface area contributed by atoms with Gasteiger partial charge in [0.15, 0.2) is 6.61 Å². The summed E-state index contributed by atoms with van der Waals surface area (Å²) in [6, 6.07) is 12.6. The second-order valence-electron chi connectivity index (χ2n) is 5.38. The van der Waals surface area contributed by atoms with Gasteiger partial charge in [0.2, 0.25) is 5.91 Å². The number of carbonyl (C=O) groups excluding carboxylic acids is 2. The lowest BCUT2D eigenvalue weighted by molar-refractivity contribution is -0.123.